The van der Waals surface area contributed by atoms with Crippen molar-refractivity contribution in [2.45, 2.75) is 31.6 Å². The van der Waals surface area contributed by atoms with Gasteiger partial charge in [0.1, 0.15) is 17.3 Å². The van der Waals surface area contributed by atoms with Crippen molar-refractivity contribution < 1.29 is 4.79 Å². The van der Waals surface area contributed by atoms with Crippen molar-refractivity contribution in [3.63, 3.8) is 0 Å². The van der Waals surface area contributed by atoms with E-state index in [2.05, 4.69) is 25.2 Å². The standard InChI is InChI=1S/C17H19N5O2/c23-15-9-13(20-16(21-15)11-3-4-11)17(24)19-12-5-6-14(18-10-12)22-7-1-2-8-22/h5-6,9-11H,1-4,7-8H2,(H,19,24)(H,20,21,23). The quantitative estimate of drug-likeness (QED) is 0.896. The third kappa shape index (κ3) is 3.15. The summed E-state index contributed by atoms with van der Waals surface area (Å²) in [5.41, 5.74) is 0.446. The molecule has 2 N–H and O–H groups in total. The topological polar surface area (TPSA) is 91.0 Å². The van der Waals surface area contributed by atoms with Gasteiger partial charge in [-0.3, -0.25) is 9.59 Å². The number of hydrogen-bond donors (Lipinski definition) is 2. The van der Waals surface area contributed by atoms with E-state index in [-0.39, 0.29) is 17.2 Å². The Labute approximate surface area is 139 Å². The smallest absolute Gasteiger partial charge is 0.274 e. The van der Waals surface area contributed by atoms with Gasteiger partial charge in [-0.05, 0) is 37.8 Å². The Bertz CT molecular complexity index is 804. The highest BCUT2D eigenvalue weighted by Gasteiger charge is 2.27. The van der Waals surface area contributed by atoms with Gasteiger partial charge in [0.05, 0.1) is 11.9 Å². The first-order valence-electron chi connectivity index (χ1n) is 8.33. The number of anilines is 2. The first-order valence-corrected chi connectivity index (χ1v) is 8.33. The highest BCUT2D eigenvalue weighted by atomic mass is 16.2. The Morgan fingerprint density at radius 2 is 2.04 bits per heavy atom. The van der Waals surface area contributed by atoms with Crippen LogP contribution in [0.1, 0.15) is 47.9 Å². The number of hydrogen-bond acceptors (Lipinski definition) is 5. The van der Waals surface area contributed by atoms with Gasteiger partial charge in [0.25, 0.3) is 11.5 Å². The fraction of sp³-hybridized carbons (Fsp3) is 0.412. The molecule has 0 unspecified atom stereocenters. The second-order valence-electron chi connectivity index (χ2n) is 6.34. The molecule has 1 saturated heterocycles. The van der Waals surface area contributed by atoms with Crippen molar-refractivity contribution >= 4 is 17.4 Å². The number of carbonyl (C=O) groups excluding carboxylic acids is 1. The minimum absolute atomic E-state index is 0.143. The minimum Gasteiger partial charge on any atom is -0.357 e. The molecule has 2 aliphatic rings. The Kier molecular flexibility index (Phi) is 3.76. The molecule has 1 aliphatic heterocycles. The first kappa shape index (κ1) is 14.9. The summed E-state index contributed by atoms with van der Waals surface area (Å²) in [6.45, 7) is 2.05. The highest BCUT2D eigenvalue weighted by molar-refractivity contribution is 6.02. The number of aromatic amines is 1. The van der Waals surface area contributed by atoms with Crippen LogP contribution in [-0.2, 0) is 0 Å². The van der Waals surface area contributed by atoms with Gasteiger partial charge in [-0.2, -0.15) is 0 Å². The van der Waals surface area contributed by atoms with Gasteiger partial charge in [0.2, 0.25) is 0 Å². The number of carbonyl (C=O) groups is 1. The molecular weight excluding hydrogens is 306 g/mol. The normalized spacial score (nSPS) is 17.1. The van der Waals surface area contributed by atoms with Gasteiger partial charge in [-0.15, -0.1) is 0 Å². The van der Waals surface area contributed by atoms with Gasteiger partial charge in [0, 0.05) is 25.1 Å². The third-order valence-corrected chi connectivity index (χ3v) is 4.39. The molecule has 3 heterocycles. The summed E-state index contributed by atoms with van der Waals surface area (Å²) < 4.78 is 0. The van der Waals surface area contributed by atoms with E-state index in [1.165, 1.54) is 18.9 Å². The maximum atomic E-state index is 12.3. The first-order chi connectivity index (χ1) is 11.7. The van der Waals surface area contributed by atoms with Crippen LogP contribution in [-0.4, -0.2) is 33.9 Å². The van der Waals surface area contributed by atoms with E-state index in [4.69, 9.17) is 0 Å². The van der Waals surface area contributed by atoms with Crippen molar-refractivity contribution in [3.8, 4) is 0 Å². The Balaban J connectivity index is 1.48. The van der Waals surface area contributed by atoms with Crippen LogP contribution >= 0.6 is 0 Å². The highest BCUT2D eigenvalue weighted by Crippen LogP contribution is 2.37. The maximum absolute atomic E-state index is 12.3. The van der Waals surface area contributed by atoms with Crippen LogP contribution < -0.4 is 15.8 Å². The van der Waals surface area contributed by atoms with Gasteiger partial charge in [0.15, 0.2) is 0 Å². The number of rotatable bonds is 4. The zero-order valence-corrected chi connectivity index (χ0v) is 13.3. The molecule has 0 spiro atoms. The van der Waals surface area contributed by atoms with Crippen LogP contribution in [0, 0.1) is 0 Å². The van der Waals surface area contributed by atoms with E-state index in [1.54, 1.807) is 6.20 Å². The van der Waals surface area contributed by atoms with Crippen LogP contribution in [0.2, 0.25) is 0 Å². The summed E-state index contributed by atoms with van der Waals surface area (Å²) in [6, 6.07) is 4.96. The maximum Gasteiger partial charge on any atom is 0.274 e. The lowest BCUT2D eigenvalue weighted by atomic mass is 10.3. The van der Waals surface area contributed by atoms with E-state index in [1.807, 2.05) is 12.1 Å². The number of pyridine rings is 1. The second-order valence-corrected chi connectivity index (χ2v) is 6.34. The summed E-state index contributed by atoms with van der Waals surface area (Å²) in [5.74, 6) is 1.43. The van der Waals surface area contributed by atoms with Crippen molar-refractivity contribution in [1.29, 1.82) is 0 Å². The molecule has 1 amide bonds. The molecule has 1 aliphatic carbocycles. The summed E-state index contributed by atoms with van der Waals surface area (Å²) in [4.78, 5) is 37.6. The number of nitrogens with zero attached hydrogens (tertiary/aromatic N) is 3. The fourth-order valence-corrected chi connectivity index (χ4v) is 2.93. The summed E-state index contributed by atoms with van der Waals surface area (Å²) in [6.07, 6.45) is 6.04. The molecule has 4 rings (SSSR count). The second kappa shape index (κ2) is 6.07. The predicted octanol–water partition coefficient (Wildman–Crippen LogP) is 1.89. The van der Waals surface area contributed by atoms with Gasteiger partial charge >= 0.3 is 0 Å². The monoisotopic (exact) mass is 325 g/mol. The zero-order chi connectivity index (χ0) is 16.5. The molecule has 0 radical (unpaired) electrons. The molecule has 0 aromatic carbocycles. The number of H-pyrrole nitrogens is 1. The van der Waals surface area contributed by atoms with E-state index in [0.29, 0.717) is 11.5 Å². The van der Waals surface area contributed by atoms with Crippen LogP contribution in [0.25, 0.3) is 0 Å². The lowest BCUT2D eigenvalue weighted by Crippen LogP contribution is -2.21. The molecule has 7 nitrogen and oxygen atoms in total. The predicted molar refractivity (Wildman–Crippen MR) is 90.5 cm³/mol. The molecule has 2 fully saturated rings. The zero-order valence-electron chi connectivity index (χ0n) is 13.3. The Morgan fingerprint density at radius 1 is 1.25 bits per heavy atom. The van der Waals surface area contributed by atoms with Gasteiger partial charge in [-0.25, -0.2) is 9.97 Å². The minimum atomic E-state index is -0.390. The number of aromatic nitrogens is 3. The fourth-order valence-electron chi connectivity index (χ4n) is 2.93. The summed E-state index contributed by atoms with van der Waals surface area (Å²) >= 11 is 0. The molecule has 24 heavy (non-hydrogen) atoms. The van der Waals surface area contributed by atoms with Crippen LogP contribution in [0.15, 0.2) is 29.2 Å². The molecule has 7 heteroatoms. The SMILES string of the molecule is O=C(Nc1ccc(N2CCCC2)nc1)c1cc(=O)[nH]c(C2CC2)n1. The van der Waals surface area contributed by atoms with E-state index in [0.717, 1.165) is 31.7 Å². The van der Waals surface area contributed by atoms with Crippen LogP contribution in [0.4, 0.5) is 11.5 Å². The Morgan fingerprint density at radius 3 is 2.71 bits per heavy atom. The lowest BCUT2D eigenvalue weighted by molar-refractivity contribution is 0.102. The Hall–Kier alpha value is -2.70. The molecule has 124 valence electrons. The molecule has 0 bridgehead atoms. The summed E-state index contributed by atoms with van der Waals surface area (Å²) in [5, 5.41) is 2.75. The van der Waals surface area contributed by atoms with Crippen molar-refractivity contribution in [2.24, 2.45) is 0 Å². The van der Waals surface area contributed by atoms with Gasteiger partial charge in [-0.1, -0.05) is 0 Å². The van der Waals surface area contributed by atoms with Crippen molar-refractivity contribution in [3.05, 3.63) is 46.3 Å². The third-order valence-electron chi connectivity index (χ3n) is 4.39. The molecular formula is C17H19N5O2. The average molecular weight is 325 g/mol. The van der Waals surface area contributed by atoms with Gasteiger partial charge < -0.3 is 15.2 Å². The number of nitrogens with one attached hydrogen (secondary N) is 2. The van der Waals surface area contributed by atoms with E-state index in [9.17, 15) is 9.59 Å². The molecule has 2 aromatic heterocycles. The van der Waals surface area contributed by atoms with Crippen LogP contribution in [0.5, 0.6) is 0 Å². The van der Waals surface area contributed by atoms with Crippen LogP contribution in [0.3, 0.4) is 0 Å². The molecule has 2 aromatic rings. The lowest BCUT2D eigenvalue weighted by Gasteiger charge is -2.16. The largest absolute Gasteiger partial charge is 0.357 e. The van der Waals surface area contributed by atoms with E-state index < -0.39 is 5.91 Å². The van der Waals surface area contributed by atoms with E-state index >= 15 is 0 Å². The molecule has 0 atom stereocenters. The molecule has 1 saturated carbocycles. The average Bonchev–Trinajstić information content (AvgIpc) is 3.30. The van der Waals surface area contributed by atoms with Crippen molar-refractivity contribution in [1.82, 2.24) is 15.0 Å². The number of amides is 1. The van der Waals surface area contributed by atoms with Crippen molar-refractivity contribution in [2.75, 3.05) is 23.3 Å². The summed E-state index contributed by atoms with van der Waals surface area (Å²) in [7, 11) is 0.